The predicted molar refractivity (Wildman–Crippen MR) is 151 cm³/mol. The Bertz CT molecular complexity index is 872. The van der Waals surface area contributed by atoms with Gasteiger partial charge >= 0.3 is 6.09 Å². The molecule has 0 saturated carbocycles. The molecule has 0 spiro atoms. The second kappa shape index (κ2) is 16.4. The highest BCUT2D eigenvalue weighted by Crippen LogP contribution is 2.28. The SMILES string of the molecule is CCCCCCN(C(=O)C(CS)NC(=O)OC(C)(C)C)C(C(=O)NCCCCC)c1ccc(O)c(C)c1. The van der Waals surface area contributed by atoms with Crippen LogP contribution in [0.4, 0.5) is 4.79 Å². The summed E-state index contributed by atoms with van der Waals surface area (Å²) in [7, 11) is 0. The summed E-state index contributed by atoms with van der Waals surface area (Å²) in [6, 6.07) is 3.05. The summed E-state index contributed by atoms with van der Waals surface area (Å²) >= 11 is 4.33. The minimum Gasteiger partial charge on any atom is -0.508 e. The van der Waals surface area contributed by atoms with Gasteiger partial charge in [-0.2, -0.15) is 12.6 Å². The van der Waals surface area contributed by atoms with E-state index >= 15 is 0 Å². The number of alkyl carbamates (subject to hydrolysis) is 1. The topological polar surface area (TPSA) is 108 Å². The molecule has 1 rings (SSSR count). The number of ether oxygens (including phenoxy) is 1. The van der Waals surface area contributed by atoms with Crippen molar-refractivity contribution in [1.82, 2.24) is 15.5 Å². The fourth-order valence-corrected chi connectivity index (χ4v) is 4.16. The first-order valence-electron chi connectivity index (χ1n) is 13.4. The number of nitrogens with one attached hydrogen (secondary N) is 2. The fraction of sp³-hybridized carbons (Fsp3) is 0.679. The lowest BCUT2D eigenvalue weighted by Crippen LogP contribution is -2.54. The molecule has 0 fully saturated rings. The molecule has 2 unspecified atom stereocenters. The summed E-state index contributed by atoms with van der Waals surface area (Å²) < 4.78 is 5.35. The summed E-state index contributed by atoms with van der Waals surface area (Å²) in [4.78, 5) is 41.4. The Morgan fingerprint density at radius 2 is 1.70 bits per heavy atom. The van der Waals surface area contributed by atoms with Crippen LogP contribution in [0.5, 0.6) is 5.75 Å². The van der Waals surface area contributed by atoms with Crippen LogP contribution in [0.25, 0.3) is 0 Å². The average molecular weight is 538 g/mol. The highest BCUT2D eigenvalue weighted by Gasteiger charge is 2.35. The van der Waals surface area contributed by atoms with Crippen molar-refractivity contribution in [3.05, 3.63) is 29.3 Å². The third kappa shape index (κ3) is 11.7. The predicted octanol–water partition coefficient (Wildman–Crippen LogP) is 5.28. The number of unbranched alkanes of at least 4 members (excludes halogenated alkanes) is 5. The number of benzene rings is 1. The van der Waals surface area contributed by atoms with Crippen LogP contribution in [0.3, 0.4) is 0 Å². The van der Waals surface area contributed by atoms with Crippen LogP contribution in [-0.4, -0.2) is 58.4 Å². The van der Waals surface area contributed by atoms with Crippen LogP contribution in [0.1, 0.15) is 96.7 Å². The molecule has 2 atom stereocenters. The van der Waals surface area contributed by atoms with Crippen LogP contribution in [0.2, 0.25) is 0 Å². The summed E-state index contributed by atoms with van der Waals surface area (Å²) in [5.74, 6) is -0.535. The van der Waals surface area contributed by atoms with Crippen LogP contribution in [0.15, 0.2) is 18.2 Å². The first-order chi connectivity index (χ1) is 17.4. The van der Waals surface area contributed by atoms with Gasteiger partial charge in [0.2, 0.25) is 11.8 Å². The molecular formula is C28H47N3O5S. The number of thiol groups is 1. The number of hydrogen-bond donors (Lipinski definition) is 4. The standard InChI is InChI=1S/C28H47N3O5S/c1-7-9-11-13-17-31(26(34)22(19-37)30-27(35)36-28(4,5)6)24(25(33)29-16-12-10-8-2)21-14-15-23(32)20(3)18-21/h14-15,18,22,24,32,37H,7-13,16-17,19H2,1-6H3,(H,29,33)(H,30,35). The second-order valence-electron chi connectivity index (χ2n) is 10.4. The molecule has 0 saturated heterocycles. The van der Waals surface area contributed by atoms with Crippen LogP contribution in [-0.2, 0) is 14.3 Å². The number of aromatic hydroxyl groups is 1. The molecule has 3 amide bonds. The Kier molecular flexibility index (Phi) is 14.5. The minimum absolute atomic E-state index is 0.0446. The van der Waals surface area contributed by atoms with Gasteiger partial charge in [-0.1, -0.05) is 52.0 Å². The van der Waals surface area contributed by atoms with Gasteiger partial charge < -0.3 is 25.4 Å². The van der Waals surface area contributed by atoms with E-state index in [1.54, 1.807) is 39.8 Å². The first kappa shape index (κ1) is 32.6. The van der Waals surface area contributed by atoms with Crippen molar-refractivity contribution in [1.29, 1.82) is 0 Å². The van der Waals surface area contributed by atoms with E-state index in [1.165, 1.54) is 11.0 Å². The van der Waals surface area contributed by atoms with E-state index in [4.69, 9.17) is 4.74 Å². The van der Waals surface area contributed by atoms with Gasteiger partial charge in [0.1, 0.15) is 23.4 Å². The molecule has 1 aromatic rings. The molecule has 9 heteroatoms. The Morgan fingerprint density at radius 1 is 1.05 bits per heavy atom. The van der Waals surface area contributed by atoms with Crippen molar-refractivity contribution in [2.75, 3.05) is 18.8 Å². The molecule has 0 radical (unpaired) electrons. The summed E-state index contributed by atoms with van der Waals surface area (Å²) in [5, 5.41) is 15.7. The van der Waals surface area contributed by atoms with Crippen molar-refractivity contribution < 1.29 is 24.2 Å². The zero-order valence-corrected chi connectivity index (χ0v) is 24.3. The van der Waals surface area contributed by atoms with E-state index in [0.717, 1.165) is 38.5 Å². The molecule has 37 heavy (non-hydrogen) atoms. The second-order valence-corrected chi connectivity index (χ2v) is 10.8. The van der Waals surface area contributed by atoms with E-state index in [-0.39, 0.29) is 17.4 Å². The van der Waals surface area contributed by atoms with E-state index in [0.29, 0.717) is 30.6 Å². The number of carbonyl (C=O) groups excluding carboxylic acids is 3. The summed E-state index contributed by atoms with van der Waals surface area (Å²) in [5.41, 5.74) is 0.484. The van der Waals surface area contributed by atoms with Crippen molar-refractivity contribution in [2.45, 2.75) is 104 Å². The molecule has 0 bridgehead atoms. The fourth-order valence-electron chi connectivity index (χ4n) is 3.92. The Labute approximate surface area is 228 Å². The van der Waals surface area contributed by atoms with Crippen molar-refractivity contribution in [2.24, 2.45) is 0 Å². The number of hydrogen-bond acceptors (Lipinski definition) is 6. The third-order valence-electron chi connectivity index (χ3n) is 5.88. The first-order valence-corrected chi connectivity index (χ1v) is 14.1. The lowest BCUT2D eigenvalue weighted by Gasteiger charge is -2.34. The van der Waals surface area contributed by atoms with Gasteiger partial charge in [0, 0.05) is 18.8 Å². The molecule has 210 valence electrons. The molecule has 0 aliphatic carbocycles. The Hall–Kier alpha value is -2.42. The maximum absolute atomic E-state index is 13.9. The van der Waals surface area contributed by atoms with E-state index in [9.17, 15) is 19.5 Å². The number of phenolic OH excluding ortho intramolecular Hbond substituents is 1. The third-order valence-corrected chi connectivity index (χ3v) is 6.25. The van der Waals surface area contributed by atoms with Gasteiger partial charge in [-0.15, -0.1) is 0 Å². The maximum Gasteiger partial charge on any atom is 0.408 e. The van der Waals surface area contributed by atoms with Gasteiger partial charge in [0.25, 0.3) is 0 Å². The van der Waals surface area contributed by atoms with Crippen molar-refractivity contribution in [3.8, 4) is 5.75 Å². The van der Waals surface area contributed by atoms with Crippen LogP contribution >= 0.6 is 12.6 Å². The van der Waals surface area contributed by atoms with E-state index in [1.807, 2.05) is 0 Å². The number of carbonyl (C=O) groups is 3. The lowest BCUT2D eigenvalue weighted by molar-refractivity contribution is -0.142. The van der Waals surface area contributed by atoms with Gasteiger partial charge in [0.15, 0.2) is 0 Å². The van der Waals surface area contributed by atoms with Gasteiger partial charge in [-0.3, -0.25) is 9.59 Å². The number of nitrogens with zero attached hydrogens (tertiary/aromatic N) is 1. The van der Waals surface area contributed by atoms with E-state index in [2.05, 4.69) is 37.1 Å². The lowest BCUT2D eigenvalue weighted by atomic mass is 9.99. The quantitative estimate of drug-likeness (QED) is 0.180. The average Bonchev–Trinajstić information content (AvgIpc) is 2.82. The summed E-state index contributed by atoms with van der Waals surface area (Å²) in [6.07, 6.45) is 5.81. The zero-order valence-electron chi connectivity index (χ0n) is 23.4. The Balaban J connectivity index is 3.37. The number of amides is 3. The number of aryl methyl sites for hydroxylation is 1. The largest absolute Gasteiger partial charge is 0.508 e. The molecule has 1 aromatic carbocycles. The minimum atomic E-state index is -0.974. The van der Waals surface area contributed by atoms with Crippen LogP contribution in [0, 0.1) is 6.92 Å². The number of phenols is 1. The van der Waals surface area contributed by atoms with Crippen molar-refractivity contribution >= 4 is 30.5 Å². The van der Waals surface area contributed by atoms with Crippen molar-refractivity contribution in [3.63, 3.8) is 0 Å². The van der Waals surface area contributed by atoms with Gasteiger partial charge in [0.05, 0.1) is 0 Å². The highest BCUT2D eigenvalue weighted by atomic mass is 32.1. The molecular weight excluding hydrogens is 490 g/mol. The zero-order chi connectivity index (χ0) is 28.0. The maximum atomic E-state index is 13.9. The van der Waals surface area contributed by atoms with Crippen LogP contribution < -0.4 is 10.6 Å². The molecule has 0 aromatic heterocycles. The molecule has 0 aliphatic heterocycles. The van der Waals surface area contributed by atoms with Gasteiger partial charge in [-0.05, 0) is 63.8 Å². The normalized spacial score (nSPS) is 12.9. The monoisotopic (exact) mass is 537 g/mol. The van der Waals surface area contributed by atoms with E-state index < -0.39 is 29.7 Å². The smallest absolute Gasteiger partial charge is 0.408 e. The molecule has 0 aliphatic rings. The van der Waals surface area contributed by atoms with Gasteiger partial charge in [-0.25, -0.2) is 4.79 Å². The number of rotatable bonds is 15. The molecule has 0 heterocycles. The highest BCUT2D eigenvalue weighted by molar-refractivity contribution is 7.80. The Morgan fingerprint density at radius 3 is 2.27 bits per heavy atom. The molecule has 8 nitrogen and oxygen atoms in total. The summed E-state index contributed by atoms with van der Waals surface area (Å²) in [6.45, 7) is 12.0. The molecule has 3 N–H and O–H groups in total.